The lowest BCUT2D eigenvalue weighted by atomic mass is 9.71. The highest BCUT2D eigenvalue weighted by atomic mass is 15.0. The van der Waals surface area contributed by atoms with E-state index in [4.69, 9.17) is 0 Å². The molecule has 4 atom stereocenters. The molecular weight excluding hydrogens is 258 g/mol. The molecule has 0 aliphatic heterocycles. The lowest BCUT2D eigenvalue weighted by Crippen LogP contribution is -2.48. The van der Waals surface area contributed by atoms with Crippen LogP contribution in [0.25, 0.3) is 5.69 Å². The predicted molar refractivity (Wildman–Crippen MR) is 84.3 cm³/mol. The van der Waals surface area contributed by atoms with Crippen LogP contribution in [0.1, 0.15) is 31.4 Å². The molecule has 0 saturated heterocycles. The molecule has 1 aromatic carbocycles. The summed E-state index contributed by atoms with van der Waals surface area (Å²) in [6.07, 6.45) is 13.0. The van der Waals surface area contributed by atoms with Gasteiger partial charge in [0.2, 0.25) is 0 Å². The van der Waals surface area contributed by atoms with E-state index < -0.39 is 0 Å². The Bertz CT molecular complexity index is 627. The monoisotopic (exact) mass is 279 g/mol. The van der Waals surface area contributed by atoms with Crippen LogP contribution in [-0.2, 0) is 0 Å². The maximum Gasteiger partial charge on any atom is 0.0991 e. The SMILES string of the molecule is C[C@H](N[C@@H]1C[C@H]2CC=C[C@@H]21)c1ccc(-n2ccnc2)cc1. The molecule has 1 fully saturated rings. The summed E-state index contributed by atoms with van der Waals surface area (Å²) in [5.41, 5.74) is 2.51. The van der Waals surface area contributed by atoms with Crippen LogP contribution in [0.5, 0.6) is 0 Å². The minimum Gasteiger partial charge on any atom is -0.307 e. The molecule has 2 aliphatic carbocycles. The average Bonchev–Trinajstić information content (AvgIpc) is 3.14. The molecule has 2 aliphatic rings. The first-order chi connectivity index (χ1) is 10.3. The van der Waals surface area contributed by atoms with Crippen molar-refractivity contribution in [3.8, 4) is 5.69 Å². The first-order valence-electron chi connectivity index (χ1n) is 7.82. The summed E-state index contributed by atoms with van der Waals surface area (Å²) in [5.74, 6) is 1.69. The number of fused-ring (bicyclic) bond motifs is 1. The quantitative estimate of drug-likeness (QED) is 0.868. The Morgan fingerprint density at radius 3 is 2.86 bits per heavy atom. The van der Waals surface area contributed by atoms with E-state index in [1.807, 2.05) is 17.1 Å². The van der Waals surface area contributed by atoms with Crippen molar-refractivity contribution in [1.82, 2.24) is 14.9 Å². The molecular formula is C18H21N3. The van der Waals surface area contributed by atoms with E-state index in [2.05, 4.69) is 53.6 Å². The number of rotatable bonds is 4. The van der Waals surface area contributed by atoms with Gasteiger partial charge < -0.3 is 9.88 Å². The molecule has 3 heteroatoms. The van der Waals surface area contributed by atoms with Crippen molar-refractivity contribution in [2.24, 2.45) is 11.8 Å². The van der Waals surface area contributed by atoms with Crippen LogP contribution in [-0.4, -0.2) is 15.6 Å². The van der Waals surface area contributed by atoms with E-state index in [-0.39, 0.29) is 0 Å². The van der Waals surface area contributed by atoms with E-state index in [0.29, 0.717) is 12.1 Å². The van der Waals surface area contributed by atoms with Gasteiger partial charge in [-0.05, 0) is 49.3 Å². The molecule has 1 saturated carbocycles. The second kappa shape index (κ2) is 5.15. The third-order valence-electron chi connectivity index (χ3n) is 5.02. The summed E-state index contributed by atoms with van der Waals surface area (Å²) in [4.78, 5) is 4.09. The molecule has 108 valence electrons. The van der Waals surface area contributed by atoms with E-state index in [1.165, 1.54) is 18.4 Å². The normalized spacial score (nSPS) is 28.1. The minimum atomic E-state index is 0.404. The molecule has 4 rings (SSSR count). The number of nitrogens with zero attached hydrogens (tertiary/aromatic N) is 2. The number of nitrogens with one attached hydrogen (secondary N) is 1. The molecule has 1 heterocycles. The van der Waals surface area contributed by atoms with Gasteiger partial charge in [0.25, 0.3) is 0 Å². The Morgan fingerprint density at radius 1 is 1.29 bits per heavy atom. The van der Waals surface area contributed by atoms with Gasteiger partial charge in [-0.25, -0.2) is 4.98 Å². The minimum absolute atomic E-state index is 0.404. The molecule has 3 nitrogen and oxygen atoms in total. The van der Waals surface area contributed by atoms with Crippen LogP contribution in [0.4, 0.5) is 0 Å². The second-order valence-corrected chi connectivity index (χ2v) is 6.29. The maximum atomic E-state index is 4.09. The fraction of sp³-hybridized carbons (Fsp3) is 0.389. The topological polar surface area (TPSA) is 29.9 Å². The van der Waals surface area contributed by atoms with Crippen molar-refractivity contribution >= 4 is 0 Å². The molecule has 0 unspecified atom stereocenters. The zero-order valence-electron chi connectivity index (χ0n) is 12.3. The molecule has 0 bridgehead atoms. The van der Waals surface area contributed by atoms with Crippen LogP contribution < -0.4 is 5.32 Å². The summed E-state index contributed by atoms with van der Waals surface area (Å²) in [6, 6.07) is 9.82. The third-order valence-corrected chi connectivity index (χ3v) is 5.02. The summed E-state index contributed by atoms with van der Waals surface area (Å²) in [7, 11) is 0. The van der Waals surface area contributed by atoms with Crippen LogP contribution in [0.15, 0.2) is 55.1 Å². The van der Waals surface area contributed by atoms with Gasteiger partial charge >= 0.3 is 0 Å². The highest BCUT2D eigenvalue weighted by Crippen LogP contribution is 2.43. The van der Waals surface area contributed by atoms with Gasteiger partial charge in [-0.2, -0.15) is 0 Å². The first-order valence-corrected chi connectivity index (χ1v) is 7.82. The van der Waals surface area contributed by atoms with Gasteiger partial charge in [0.15, 0.2) is 0 Å². The Hall–Kier alpha value is -1.87. The number of aromatic nitrogens is 2. The van der Waals surface area contributed by atoms with Gasteiger partial charge in [-0.15, -0.1) is 0 Å². The lowest BCUT2D eigenvalue weighted by Gasteiger charge is -2.42. The average molecular weight is 279 g/mol. The fourth-order valence-electron chi connectivity index (χ4n) is 3.67. The number of imidazole rings is 1. The second-order valence-electron chi connectivity index (χ2n) is 6.29. The summed E-state index contributed by atoms with van der Waals surface area (Å²) in [6.45, 7) is 2.26. The van der Waals surface area contributed by atoms with Gasteiger partial charge in [0.05, 0.1) is 6.33 Å². The largest absolute Gasteiger partial charge is 0.307 e. The highest BCUT2D eigenvalue weighted by molar-refractivity contribution is 5.35. The zero-order chi connectivity index (χ0) is 14.2. The molecule has 2 aromatic rings. The molecule has 1 N–H and O–H groups in total. The Balaban J connectivity index is 1.42. The van der Waals surface area contributed by atoms with Gasteiger partial charge in [-0.3, -0.25) is 0 Å². The Labute approximate surface area is 125 Å². The van der Waals surface area contributed by atoms with Crippen LogP contribution in [0.2, 0.25) is 0 Å². The summed E-state index contributed by atoms with van der Waals surface area (Å²) < 4.78 is 2.03. The van der Waals surface area contributed by atoms with Crippen LogP contribution in [0, 0.1) is 11.8 Å². The molecule has 0 radical (unpaired) electrons. The summed E-state index contributed by atoms with van der Waals surface area (Å²) >= 11 is 0. The van der Waals surface area contributed by atoms with Crippen molar-refractivity contribution < 1.29 is 0 Å². The molecule has 0 amide bonds. The molecule has 0 spiro atoms. The fourth-order valence-corrected chi connectivity index (χ4v) is 3.67. The van der Waals surface area contributed by atoms with E-state index in [0.717, 1.165) is 17.5 Å². The first kappa shape index (κ1) is 12.8. The Kier molecular flexibility index (Phi) is 3.15. The highest BCUT2D eigenvalue weighted by Gasteiger charge is 2.41. The number of hydrogen-bond donors (Lipinski definition) is 1. The van der Waals surface area contributed by atoms with Crippen molar-refractivity contribution in [3.05, 3.63) is 60.7 Å². The molecule has 21 heavy (non-hydrogen) atoms. The zero-order valence-corrected chi connectivity index (χ0v) is 12.3. The summed E-state index contributed by atoms with van der Waals surface area (Å²) in [5, 5.41) is 3.79. The van der Waals surface area contributed by atoms with Gasteiger partial charge in [0.1, 0.15) is 0 Å². The van der Waals surface area contributed by atoms with Crippen molar-refractivity contribution in [2.75, 3.05) is 0 Å². The van der Waals surface area contributed by atoms with Crippen molar-refractivity contribution in [3.63, 3.8) is 0 Å². The third kappa shape index (κ3) is 2.32. The Morgan fingerprint density at radius 2 is 2.14 bits per heavy atom. The smallest absolute Gasteiger partial charge is 0.0991 e. The van der Waals surface area contributed by atoms with Crippen LogP contribution in [0.3, 0.4) is 0 Å². The van der Waals surface area contributed by atoms with E-state index >= 15 is 0 Å². The van der Waals surface area contributed by atoms with E-state index in [1.54, 1.807) is 6.20 Å². The number of benzene rings is 1. The predicted octanol–water partition coefficient (Wildman–Crippen LogP) is 3.49. The van der Waals surface area contributed by atoms with Crippen LogP contribution >= 0.6 is 0 Å². The van der Waals surface area contributed by atoms with Crippen molar-refractivity contribution in [2.45, 2.75) is 31.8 Å². The number of hydrogen-bond acceptors (Lipinski definition) is 2. The maximum absolute atomic E-state index is 4.09. The lowest BCUT2D eigenvalue weighted by molar-refractivity contribution is 0.152. The standard InChI is InChI=1S/C18H21N3/c1-13(20-18-11-15-3-2-4-17(15)18)14-5-7-16(8-6-14)21-10-9-19-12-21/h2,4-10,12-13,15,17-18,20H,3,11H2,1H3/t13-,15+,17-,18+/m0/s1. The molecule has 1 aromatic heterocycles. The van der Waals surface area contributed by atoms with Gasteiger partial charge in [0, 0.05) is 30.2 Å². The van der Waals surface area contributed by atoms with Crippen molar-refractivity contribution in [1.29, 1.82) is 0 Å². The van der Waals surface area contributed by atoms with Gasteiger partial charge in [-0.1, -0.05) is 24.3 Å². The van der Waals surface area contributed by atoms with E-state index in [9.17, 15) is 0 Å². The number of allylic oxidation sites excluding steroid dienone is 1.